The van der Waals surface area contributed by atoms with Gasteiger partial charge in [-0.2, -0.15) is 0 Å². The standard InChI is InChI=1S/C24H23N3O5S/c1-14(2)27(12-21(28)29)22(30)20-11-25-23(33-20)26-24(31)32-13-19-17-9-5-3-7-15(17)16-8-4-6-10-18(16)19/h3-11,14,19H,12-13H2,1-2H3,(H,28,29)(H,25,26,31). The molecule has 0 radical (unpaired) electrons. The molecule has 170 valence electrons. The molecule has 0 aliphatic heterocycles. The third-order valence-electron chi connectivity index (χ3n) is 5.46. The SMILES string of the molecule is CC(C)N(CC(=O)O)C(=O)c1cnc(NC(=O)OCC2c3ccccc3-c3ccccc32)s1. The Bertz CT molecular complexity index is 1160. The molecular formula is C24H23N3O5S. The van der Waals surface area contributed by atoms with Crippen LogP contribution in [-0.2, 0) is 9.53 Å². The van der Waals surface area contributed by atoms with Gasteiger partial charge in [-0.25, -0.2) is 9.78 Å². The molecule has 0 saturated heterocycles. The third-order valence-corrected chi connectivity index (χ3v) is 6.36. The van der Waals surface area contributed by atoms with Crippen molar-refractivity contribution in [2.75, 3.05) is 18.5 Å². The average molecular weight is 466 g/mol. The molecule has 0 fully saturated rings. The second-order valence-electron chi connectivity index (χ2n) is 7.90. The van der Waals surface area contributed by atoms with Crippen molar-refractivity contribution in [3.05, 3.63) is 70.7 Å². The van der Waals surface area contributed by atoms with E-state index in [1.807, 2.05) is 36.4 Å². The van der Waals surface area contributed by atoms with Gasteiger partial charge >= 0.3 is 12.1 Å². The number of rotatable bonds is 7. The maximum atomic E-state index is 12.6. The summed E-state index contributed by atoms with van der Waals surface area (Å²) >= 11 is 0.970. The number of carbonyl (C=O) groups is 3. The number of fused-ring (bicyclic) bond motifs is 3. The Hall–Kier alpha value is -3.72. The van der Waals surface area contributed by atoms with Crippen molar-refractivity contribution in [3.63, 3.8) is 0 Å². The maximum Gasteiger partial charge on any atom is 0.413 e. The van der Waals surface area contributed by atoms with Crippen molar-refractivity contribution >= 4 is 34.4 Å². The highest BCUT2D eigenvalue weighted by atomic mass is 32.1. The highest BCUT2D eigenvalue weighted by Crippen LogP contribution is 2.44. The zero-order valence-corrected chi connectivity index (χ0v) is 19.0. The number of carboxylic acid groups (broad SMARTS) is 1. The van der Waals surface area contributed by atoms with Crippen LogP contribution >= 0.6 is 11.3 Å². The smallest absolute Gasteiger partial charge is 0.413 e. The van der Waals surface area contributed by atoms with Crippen molar-refractivity contribution in [2.24, 2.45) is 0 Å². The number of benzene rings is 2. The lowest BCUT2D eigenvalue weighted by Crippen LogP contribution is -2.40. The van der Waals surface area contributed by atoms with Crippen LogP contribution in [0.2, 0.25) is 0 Å². The van der Waals surface area contributed by atoms with Crippen LogP contribution < -0.4 is 5.32 Å². The van der Waals surface area contributed by atoms with Crippen molar-refractivity contribution in [1.29, 1.82) is 0 Å². The van der Waals surface area contributed by atoms with Gasteiger partial charge in [0.25, 0.3) is 5.91 Å². The number of nitrogens with one attached hydrogen (secondary N) is 1. The van der Waals surface area contributed by atoms with E-state index in [1.54, 1.807) is 13.8 Å². The summed E-state index contributed by atoms with van der Waals surface area (Å²) in [6, 6.07) is 15.8. The largest absolute Gasteiger partial charge is 0.480 e. The number of hydrogen-bond donors (Lipinski definition) is 2. The summed E-state index contributed by atoms with van der Waals surface area (Å²) in [6.07, 6.45) is 0.653. The van der Waals surface area contributed by atoms with Crippen molar-refractivity contribution in [2.45, 2.75) is 25.8 Å². The first kappa shape index (κ1) is 22.5. The molecule has 9 heteroatoms. The molecule has 1 heterocycles. The molecule has 0 unspecified atom stereocenters. The van der Waals surface area contributed by atoms with Gasteiger partial charge in [0.2, 0.25) is 0 Å². The Morgan fingerprint density at radius 3 is 2.27 bits per heavy atom. The molecule has 2 amide bonds. The van der Waals surface area contributed by atoms with E-state index in [4.69, 9.17) is 9.84 Å². The van der Waals surface area contributed by atoms with Crippen LogP contribution in [0.5, 0.6) is 0 Å². The quantitative estimate of drug-likeness (QED) is 0.534. The molecule has 2 aromatic carbocycles. The van der Waals surface area contributed by atoms with Crippen LogP contribution in [0.3, 0.4) is 0 Å². The molecule has 3 aromatic rings. The number of carbonyl (C=O) groups excluding carboxylic acids is 2. The lowest BCUT2D eigenvalue weighted by Gasteiger charge is -2.23. The zero-order valence-electron chi connectivity index (χ0n) is 18.1. The first-order chi connectivity index (χ1) is 15.8. The van der Waals surface area contributed by atoms with Crippen LogP contribution in [0.25, 0.3) is 11.1 Å². The Kier molecular flexibility index (Phi) is 6.41. The van der Waals surface area contributed by atoms with Gasteiger partial charge in [-0.3, -0.25) is 14.9 Å². The molecule has 2 N–H and O–H groups in total. The molecule has 1 aliphatic carbocycles. The minimum absolute atomic E-state index is 0.0628. The number of amides is 2. The van der Waals surface area contributed by atoms with Gasteiger partial charge in [0.1, 0.15) is 18.0 Å². The monoisotopic (exact) mass is 465 g/mol. The van der Waals surface area contributed by atoms with Gasteiger partial charge < -0.3 is 14.7 Å². The predicted octanol–water partition coefficient (Wildman–Crippen LogP) is 4.44. The normalized spacial score (nSPS) is 12.2. The summed E-state index contributed by atoms with van der Waals surface area (Å²) in [4.78, 5) is 41.6. The van der Waals surface area contributed by atoms with E-state index in [1.165, 1.54) is 11.1 Å². The lowest BCUT2D eigenvalue weighted by molar-refractivity contribution is -0.138. The van der Waals surface area contributed by atoms with Gasteiger partial charge in [-0.05, 0) is 36.1 Å². The molecule has 8 nitrogen and oxygen atoms in total. The number of ether oxygens (including phenoxy) is 1. The fourth-order valence-corrected chi connectivity index (χ4v) is 4.69. The number of hydrogen-bond acceptors (Lipinski definition) is 6. The van der Waals surface area contributed by atoms with Crippen LogP contribution in [0.1, 0.15) is 40.6 Å². The van der Waals surface area contributed by atoms with Gasteiger partial charge in [0, 0.05) is 12.0 Å². The summed E-state index contributed by atoms with van der Waals surface area (Å²) in [5.74, 6) is -1.61. The first-order valence-electron chi connectivity index (χ1n) is 10.5. The van der Waals surface area contributed by atoms with E-state index in [2.05, 4.69) is 22.4 Å². The summed E-state index contributed by atoms with van der Waals surface area (Å²) in [6.45, 7) is 3.22. The topological polar surface area (TPSA) is 109 Å². The van der Waals surface area contributed by atoms with Gasteiger partial charge in [-0.1, -0.05) is 59.9 Å². The molecule has 0 atom stereocenters. The first-order valence-corrected chi connectivity index (χ1v) is 11.3. The van der Waals surface area contributed by atoms with Crippen LogP contribution in [0, 0.1) is 0 Å². The van der Waals surface area contributed by atoms with Gasteiger partial charge in [-0.15, -0.1) is 0 Å². The molecule has 0 spiro atoms. The fraction of sp³-hybridized carbons (Fsp3) is 0.250. The van der Waals surface area contributed by atoms with Gasteiger partial charge in [0.15, 0.2) is 5.13 Å². The molecular weight excluding hydrogens is 442 g/mol. The summed E-state index contributed by atoms with van der Waals surface area (Å²) in [5.41, 5.74) is 4.50. The Morgan fingerprint density at radius 1 is 1.09 bits per heavy atom. The van der Waals surface area contributed by atoms with E-state index in [9.17, 15) is 14.4 Å². The number of anilines is 1. The summed E-state index contributed by atoms with van der Waals surface area (Å²) in [7, 11) is 0. The van der Waals surface area contributed by atoms with E-state index in [0.717, 1.165) is 33.6 Å². The van der Waals surface area contributed by atoms with Crippen molar-refractivity contribution < 1.29 is 24.2 Å². The number of carboxylic acids is 1. The second kappa shape index (κ2) is 9.41. The Balaban J connectivity index is 1.40. The van der Waals surface area contributed by atoms with Crippen molar-refractivity contribution in [1.82, 2.24) is 9.88 Å². The molecule has 0 saturated carbocycles. The second-order valence-corrected chi connectivity index (χ2v) is 8.93. The Morgan fingerprint density at radius 2 is 1.70 bits per heavy atom. The van der Waals surface area contributed by atoms with Crippen LogP contribution in [0.15, 0.2) is 54.7 Å². The molecule has 4 rings (SSSR count). The predicted molar refractivity (Wildman–Crippen MR) is 125 cm³/mol. The van der Waals surface area contributed by atoms with E-state index >= 15 is 0 Å². The van der Waals surface area contributed by atoms with Gasteiger partial charge in [0.05, 0.1) is 6.20 Å². The molecule has 1 aliphatic rings. The highest BCUT2D eigenvalue weighted by molar-refractivity contribution is 7.17. The molecule has 33 heavy (non-hydrogen) atoms. The number of nitrogens with zero attached hydrogens (tertiary/aromatic N) is 2. The number of aromatic nitrogens is 1. The van der Waals surface area contributed by atoms with E-state index in [-0.39, 0.29) is 28.6 Å². The van der Waals surface area contributed by atoms with E-state index < -0.39 is 24.5 Å². The zero-order chi connectivity index (χ0) is 23.5. The lowest BCUT2D eigenvalue weighted by atomic mass is 9.98. The number of aliphatic carboxylic acids is 1. The fourth-order valence-electron chi connectivity index (χ4n) is 3.93. The highest BCUT2D eigenvalue weighted by Gasteiger charge is 2.29. The molecule has 1 aromatic heterocycles. The maximum absolute atomic E-state index is 12.6. The number of thiazole rings is 1. The van der Waals surface area contributed by atoms with E-state index in [0.29, 0.717) is 0 Å². The van der Waals surface area contributed by atoms with Crippen LogP contribution in [0.4, 0.5) is 9.93 Å². The van der Waals surface area contributed by atoms with Crippen molar-refractivity contribution in [3.8, 4) is 11.1 Å². The summed E-state index contributed by atoms with van der Waals surface area (Å²) in [5, 5.41) is 11.8. The average Bonchev–Trinajstić information content (AvgIpc) is 3.38. The summed E-state index contributed by atoms with van der Waals surface area (Å²) < 4.78 is 5.50. The minimum Gasteiger partial charge on any atom is -0.480 e. The Labute approximate surface area is 194 Å². The third kappa shape index (κ3) is 4.73. The van der Waals surface area contributed by atoms with Crippen LogP contribution in [-0.4, -0.2) is 52.2 Å². The minimum atomic E-state index is -1.10. The molecule has 0 bridgehead atoms.